The molecule has 0 saturated heterocycles. The van der Waals surface area contributed by atoms with E-state index < -0.39 is 0 Å². The third-order valence-corrected chi connectivity index (χ3v) is 4.20. The largest absolute Gasteiger partial charge is 0.340 e. The molecule has 2 heterocycles. The first kappa shape index (κ1) is 12.6. The highest BCUT2D eigenvalue weighted by molar-refractivity contribution is 9.10. The van der Waals surface area contributed by atoms with Crippen LogP contribution in [0.25, 0.3) is 11.0 Å². The van der Waals surface area contributed by atoms with Gasteiger partial charge in [0.2, 0.25) is 0 Å². The minimum absolute atomic E-state index is 0.107. The number of H-pyrrole nitrogens is 1. The van der Waals surface area contributed by atoms with Crippen molar-refractivity contribution in [2.75, 3.05) is 0 Å². The van der Waals surface area contributed by atoms with E-state index in [1.165, 1.54) is 0 Å². The summed E-state index contributed by atoms with van der Waals surface area (Å²) in [6.45, 7) is 0. The lowest BCUT2D eigenvalue weighted by Crippen LogP contribution is -2.11. The van der Waals surface area contributed by atoms with Crippen LogP contribution in [-0.2, 0) is 0 Å². The molecule has 3 aromatic rings. The first-order valence-corrected chi connectivity index (χ1v) is 7.61. The van der Waals surface area contributed by atoms with Crippen LogP contribution in [0.2, 0.25) is 0 Å². The van der Waals surface area contributed by atoms with Crippen molar-refractivity contribution >= 4 is 32.7 Å². The number of para-hydroxylation sites is 2. The van der Waals surface area contributed by atoms with Crippen LogP contribution in [0, 0.1) is 0 Å². The topological polar surface area (TPSA) is 53.1 Å². The fourth-order valence-electron chi connectivity index (χ4n) is 2.56. The fourth-order valence-corrected chi connectivity index (χ4v) is 2.82. The lowest BCUT2D eigenvalue weighted by molar-refractivity contribution is 0.591. The van der Waals surface area contributed by atoms with E-state index in [4.69, 9.17) is 0 Å². The molecule has 1 atom stereocenters. The van der Waals surface area contributed by atoms with Crippen molar-refractivity contribution in [2.24, 2.45) is 5.10 Å². The third-order valence-electron chi connectivity index (χ3n) is 3.67. The van der Waals surface area contributed by atoms with Gasteiger partial charge >= 0.3 is 0 Å². The minimum Gasteiger partial charge on any atom is -0.340 e. The maximum atomic E-state index is 4.64. The number of hydrazone groups is 1. The summed E-state index contributed by atoms with van der Waals surface area (Å²) in [4.78, 5) is 8.00. The van der Waals surface area contributed by atoms with Gasteiger partial charge in [0.05, 0.1) is 16.7 Å². The third kappa shape index (κ3) is 2.34. The van der Waals surface area contributed by atoms with E-state index in [2.05, 4.69) is 48.6 Å². The van der Waals surface area contributed by atoms with Crippen LogP contribution >= 0.6 is 15.9 Å². The first-order valence-electron chi connectivity index (χ1n) is 6.82. The van der Waals surface area contributed by atoms with E-state index in [-0.39, 0.29) is 6.04 Å². The van der Waals surface area contributed by atoms with Crippen LogP contribution in [-0.4, -0.2) is 15.7 Å². The normalized spacial score (nSPS) is 17.8. The summed E-state index contributed by atoms with van der Waals surface area (Å²) in [6, 6.07) is 16.4. The molecule has 2 N–H and O–H groups in total. The predicted molar refractivity (Wildman–Crippen MR) is 87.3 cm³/mol. The number of benzene rings is 2. The van der Waals surface area contributed by atoms with E-state index in [0.29, 0.717) is 0 Å². The molecule has 0 fully saturated rings. The summed E-state index contributed by atoms with van der Waals surface area (Å²) in [5.41, 5.74) is 7.44. The Morgan fingerprint density at radius 2 is 1.86 bits per heavy atom. The Labute approximate surface area is 130 Å². The van der Waals surface area contributed by atoms with Crippen molar-refractivity contribution in [3.8, 4) is 0 Å². The van der Waals surface area contributed by atoms with Gasteiger partial charge < -0.3 is 4.98 Å². The van der Waals surface area contributed by atoms with Crippen molar-refractivity contribution in [1.29, 1.82) is 0 Å². The number of aromatic nitrogens is 2. The molecule has 0 saturated carbocycles. The van der Waals surface area contributed by atoms with Gasteiger partial charge in [0.15, 0.2) is 0 Å². The molecule has 1 aliphatic heterocycles. The summed E-state index contributed by atoms with van der Waals surface area (Å²) in [6.07, 6.45) is 0.835. The molecule has 0 bridgehead atoms. The standard InChI is InChI=1S/C16H13BrN4/c17-11-7-5-10(6-8-11)14-9-15(21-20-14)16-18-12-3-1-2-4-13(12)19-16/h1-8,15,21H,9H2,(H,18,19)/t15-/m1/s1. The van der Waals surface area contributed by atoms with Gasteiger partial charge in [-0.15, -0.1) is 0 Å². The van der Waals surface area contributed by atoms with Crippen molar-refractivity contribution in [3.63, 3.8) is 0 Å². The summed E-state index contributed by atoms with van der Waals surface area (Å²) < 4.78 is 1.08. The Morgan fingerprint density at radius 3 is 2.67 bits per heavy atom. The molecule has 2 aromatic carbocycles. The number of fused-ring (bicyclic) bond motifs is 1. The van der Waals surface area contributed by atoms with E-state index in [9.17, 15) is 0 Å². The number of rotatable bonds is 2. The second kappa shape index (κ2) is 5.00. The van der Waals surface area contributed by atoms with Crippen LogP contribution in [0.1, 0.15) is 23.9 Å². The number of imidazole rings is 1. The SMILES string of the molecule is Brc1ccc(C2=NN[C@@H](c3nc4ccccc4[nH]3)C2)cc1. The number of halogens is 1. The number of aromatic amines is 1. The molecule has 1 aromatic heterocycles. The van der Waals surface area contributed by atoms with Crippen LogP contribution < -0.4 is 5.43 Å². The van der Waals surface area contributed by atoms with Crippen molar-refractivity contribution in [2.45, 2.75) is 12.5 Å². The molecule has 0 amide bonds. The number of nitrogens with one attached hydrogen (secondary N) is 2. The summed E-state index contributed by atoms with van der Waals surface area (Å²) >= 11 is 3.45. The second-order valence-electron chi connectivity index (χ2n) is 5.09. The second-order valence-corrected chi connectivity index (χ2v) is 6.01. The Balaban J connectivity index is 1.58. The molecule has 4 nitrogen and oxygen atoms in total. The highest BCUT2D eigenvalue weighted by Crippen LogP contribution is 2.25. The average Bonchev–Trinajstić information content (AvgIpc) is 3.14. The molecule has 0 radical (unpaired) electrons. The van der Waals surface area contributed by atoms with Gasteiger partial charge in [-0.05, 0) is 29.8 Å². The monoisotopic (exact) mass is 340 g/mol. The minimum atomic E-state index is 0.107. The van der Waals surface area contributed by atoms with Crippen molar-refractivity contribution in [1.82, 2.24) is 15.4 Å². The van der Waals surface area contributed by atoms with Crippen molar-refractivity contribution in [3.05, 3.63) is 64.4 Å². The molecule has 4 rings (SSSR count). The average molecular weight is 341 g/mol. The first-order chi connectivity index (χ1) is 10.3. The molecule has 1 aliphatic rings. The van der Waals surface area contributed by atoms with E-state index in [0.717, 1.165) is 39.0 Å². The zero-order valence-electron chi connectivity index (χ0n) is 11.2. The molecule has 0 spiro atoms. The smallest absolute Gasteiger partial charge is 0.131 e. The molecule has 0 unspecified atom stereocenters. The lowest BCUT2D eigenvalue weighted by Gasteiger charge is -2.05. The van der Waals surface area contributed by atoms with Gasteiger partial charge in [0, 0.05) is 10.9 Å². The molecule has 104 valence electrons. The molecule has 21 heavy (non-hydrogen) atoms. The van der Waals surface area contributed by atoms with E-state index in [1.807, 2.05) is 36.4 Å². The quantitative estimate of drug-likeness (QED) is 0.746. The zero-order valence-corrected chi connectivity index (χ0v) is 12.8. The Kier molecular flexibility index (Phi) is 3.00. The number of nitrogens with zero attached hydrogens (tertiary/aromatic N) is 2. The Bertz CT molecular complexity index is 787. The van der Waals surface area contributed by atoms with E-state index in [1.54, 1.807) is 0 Å². The van der Waals surface area contributed by atoms with Crippen LogP contribution in [0.3, 0.4) is 0 Å². The highest BCUT2D eigenvalue weighted by Gasteiger charge is 2.23. The van der Waals surface area contributed by atoms with E-state index >= 15 is 0 Å². The van der Waals surface area contributed by atoms with Crippen molar-refractivity contribution < 1.29 is 0 Å². The number of hydrogen-bond donors (Lipinski definition) is 2. The van der Waals surface area contributed by atoms with Gasteiger partial charge in [-0.1, -0.05) is 40.2 Å². The lowest BCUT2D eigenvalue weighted by atomic mass is 10.0. The molecular formula is C16H13BrN4. The maximum Gasteiger partial charge on any atom is 0.131 e. The number of hydrogen-bond acceptors (Lipinski definition) is 3. The van der Waals surface area contributed by atoms with Gasteiger partial charge in [-0.25, -0.2) is 4.98 Å². The maximum absolute atomic E-state index is 4.64. The van der Waals surface area contributed by atoms with Gasteiger partial charge in [0.1, 0.15) is 11.9 Å². The summed E-state index contributed by atoms with van der Waals surface area (Å²) in [5.74, 6) is 0.937. The zero-order chi connectivity index (χ0) is 14.2. The van der Waals surface area contributed by atoms with Gasteiger partial charge in [0.25, 0.3) is 0 Å². The molecular weight excluding hydrogens is 328 g/mol. The van der Waals surface area contributed by atoms with Crippen LogP contribution in [0.5, 0.6) is 0 Å². The fraction of sp³-hybridized carbons (Fsp3) is 0.125. The highest BCUT2D eigenvalue weighted by atomic mass is 79.9. The Hall–Kier alpha value is -2.14. The van der Waals surface area contributed by atoms with Gasteiger partial charge in [-0.2, -0.15) is 5.10 Å². The summed E-state index contributed by atoms with van der Waals surface area (Å²) in [5, 5.41) is 4.45. The predicted octanol–water partition coefficient (Wildman–Crippen LogP) is 3.76. The van der Waals surface area contributed by atoms with Crippen LogP contribution in [0.15, 0.2) is 58.1 Å². The summed E-state index contributed by atoms with van der Waals surface area (Å²) in [7, 11) is 0. The Morgan fingerprint density at radius 1 is 1.05 bits per heavy atom. The molecule has 0 aliphatic carbocycles. The molecule has 5 heteroatoms. The van der Waals surface area contributed by atoms with Crippen LogP contribution in [0.4, 0.5) is 0 Å². The van der Waals surface area contributed by atoms with Gasteiger partial charge in [-0.3, -0.25) is 5.43 Å².